The lowest BCUT2D eigenvalue weighted by atomic mass is 10.0. The minimum Gasteiger partial charge on any atom is -0.507 e. The van der Waals surface area contributed by atoms with Gasteiger partial charge in [-0.1, -0.05) is 88.1 Å². The summed E-state index contributed by atoms with van der Waals surface area (Å²) >= 11 is 6.15. The van der Waals surface area contributed by atoms with E-state index in [4.69, 9.17) is 11.6 Å². The van der Waals surface area contributed by atoms with Crippen LogP contribution >= 0.6 is 11.6 Å². The Morgan fingerprint density at radius 1 is 0.893 bits per heavy atom. The minimum absolute atomic E-state index is 0.217. The van der Waals surface area contributed by atoms with Gasteiger partial charge in [0.05, 0.1) is 11.4 Å². The van der Waals surface area contributed by atoms with Gasteiger partial charge in [-0.15, -0.1) is 0 Å². The number of unbranched alkanes of at least 4 members (excludes halogenated alkanes) is 8. The molecule has 2 rings (SSSR count). The summed E-state index contributed by atoms with van der Waals surface area (Å²) in [5, 5.41) is 15.5. The van der Waals surface area contributed by atoms with Crippen molar-refractivity contribution in [2.24, 2.45) is 5.10 Å². The Hall–Kier alpha value is -2.00. The Morgan fingerprint density at radius 3 is 2.21 bits per heavy atom. The SMILES string of the molecule is CCCCCCCCCCCC(=NNc1ccccc1)c1cc(Cl)ccc1O. The van der Waals surface area contributed by atoms with Gasteiger partial charge in [0.15, 0.2) is 0 Å². The summed E-state index contributed by atoms with van der Waals surface area (Å²) in [7, 11) is 0. The molecule has 0 aliphatic rings. The number of aromatic hydroxyl groups is 1. The van der Waals surface area contributed by atoms with Crippen molar-refractivity contribution in [3.8, 4) is 5.75 Å². The maximum atomic E-state index is 10.3. The number of phenolic OH excluding ortho intramolecular Hbond substituents is 1. The van der Waals surface area contributed by atoms with Gasteiger partial charge >= 0.3 is 0 Å². The number of halogens is 1. The second kappa shape index (κ2) is 13.2. The molecule has 0 aromatic heterocycles. The molecule has 0 heterocycles. The highest BCUT2D eigenvalue weighted by Gasteiger charge is 2.10. The third kappa shape index (κ3) is 8.35. The van der Waals surface area contributed by atoms with Gasteiger partial charge in [-0.2, -0.15) is 5.10 Å². The van der Waals surface area contributed by atoms with E-state index >= 15 is 0 Å². The average Bonchev–Trinajstić information content (AvgIpc) is 2.71. The lowest BCUT2D eigenvalue weighted by Crippen LogP contribution is -2.05. The number of anilines is 1. The lowest BCUT2D eigenvalue weighted by Gasteiger charge is -2.11. The highest BCUT2D eigenvalue weighted by Crippen LogP contribution is 2.25. The Kier molecular flexibility index (Phi) is 10.5. The van der Waals surface area contributed by atoms with E-state index in [0.29, 0.717) is 10.6 Å². The predicted octanol–water partition coefficient (Wildman–Crippen LogP) is 7.78. The summed E-state index contributed by atoms with van der Waals surface area (Å²) in [4.78, 5) is 0. The summed E-state index contributed by atoms with van der Waals surface area (Å²) in [5.74, 6) is 0.217. The summed E-state index contributed by atoms with van der Waals surface area (Å²) in [5.41, 5.74) is 5.57. The summed E-state index contributed by atoms with van der Waals surface area (Å²) < 4.78 is 0. The van der Waals surface area contributed by atoms with Crippen LogP contribution in [0.2, 0.25) is 5.02 Å². The van der Waals surface area contributed by atoms with Crippen molar-refractivity contribution in [3.63, 3.8) is 0 Å². The monoisotopic (exact) mass is 400 g/mol. The Balaban J connectivity index is 1.89. The number of hydrogen-bond donors (Lipinski definition) is 2. The van der Waals surface area contributed by atoms with Crippen molar-refractivity contribution in [3.05, 3.63) is 59.1 Å². The Morgan fingerprint density at radius 2 is 1.54 bits per heavy atom. The van der Waals surface area contributed by atoms with Crippen molar-refractivity contribution < 1.29 is 5.11 Å². The molecule has 28 heavy (non-hydrogen) atoms. The molecule has 2 N–H and O–H groups in total. The quantitative estimate of drug-likeness (QED) is 0.205. The zero-order valence-electron chi connectivity index (χ0n) is 17.0. The molecule has 4 heteroatoms. The van der Waals surface area contributed by atoms with Crippen LogP contribution in [0.25, 0.3) is 0 Å². The molecule has 2 aromatic rings. The highest BCUT2D eigenvalue weighted by atomic mass is 35.5. The molecule has 0 amide bonds. The van der Waals surface area contributed by atoms with Crippen molar-refractivity contribution in [1.29, 1.82) is 0 Å². The van der Waals surface area contributed by atoms with E-state index in [1.807, 2.05) is 30.3 Å². The van der Waals surface area contributed by atoms with Crippen LogP contribution in [0.5, 0.6) is 5.75 Å². The molecule has 152 valence electrons. The minimum atomic E-state index is 0.217. The summed E-state index contributed by atoms with van der Waals surface area (Å²) in [6.45, 7) is 2.25. The topological polar surface area (TPSA) is 44.6 Å². The normalized spacial score (nSPS) is 11.6. The molecule has 0 saturated heterocycles. The number of phenols is 1. The molecule has 0 atom stereocenters. The van der Waals surface area contributed by atoms with Gasteiger partial charge in [-0.3, -0.25) is 5.43 Å². The number of benzene rings is 2. The largest absolute Gasteiger partial charge is 0.507 e. The molecular formula is C24H33ClN2O. The van der Waals surface area contributed by atoms with Crippen LogP contribution in [-0.4, -0.2) is 10.8 Å². The first-order valence-electron chi connectivity index (χ1n) is 10.6. The van der Waals surface area contributed by atoms with Gasteiger partial charge in [0.1, 0.15) is 5.75 Å². The molecule has 0 saturated carbocycles. The highest BCUT2D eigenvalue weighted by molar-refractivity contribution is 6.31. The van der Waals surface area contributed by atoms with Gasteiger partial charge in [0.2, 0.25) is 0 Å². The van der Waals surface area contributed by atoms with Crippen LogP contribution in [0.3, 0.4) is 0 Å². The Labute approximate surface area is 174 Å². The Bertz CT molecular complexity index is 716. The van der Waals surface area contributed by atoms with Crippen molar-refractivity contribution in [2.45, 2.75) is 71.1 Å². The molecule has 0 bridgehead atoms. The van der Waals surface area contributed by atoms with E-state index in [0.717, 1.165) is 24.2 Å². The number of nitrogens with one attached hydrogen (secondary N) is 1. The fourth-order valence-corrected chi connectivity index (χ4v) is 3.41. The maximum Gasteiger partial charge on any atom is 0.124 e. The van der Waals surface area contributed by atoms with Gasteiger partial charge in [-0.25, -0.2) is 0 Å². The standard InChI is InChI=1S/C24H33ClN2O/c1-2-3-4-5-6-7-8-9-13-16-23(22-19-20(25)17-18-24(22)28)27-26-21-14-11-10-12-15-21/h10-12,14-15,17-19,26,28H,2-9,13,16H2,1H3. The third-order valence-corrected chi connectivity index (χ3v) is 5.12. The zero-order valence-corrected chi connectivity index (χ0v) is 17.7. The van der Waals surface area contributed by atoms with Gasteiger partial charge in [0, 0.05) is 10.6 Å². The molecule has 3 nitrogen and oxygen atoms in total. The van der Waals surface area contributed by atoms with E-state index in [2.05, 4.69) is 17.5 Å². The van der Waals surface area contributed by atoms with E-state index in [-0.39, 0.29) is 5.75 Å². The first-order chi connectivity index (χ1) is 13.7. The molecule has 2 aromatic carbocycles. The van der Waals surface area contributed by atoms with Crippen molar-refractivity contribution in [2.75, 3.05) is 5.43 Å². The number of para-hydroxylation sites is 1. The van der Waals surface area contributed by atoms with E-state index in [9.17, 15) is 5.11 Å². The average molecular weight is 401 g/mol. The maximum absolute atomic E-state index is 10.3. The molecule has 0 radical (unpaired) electrons. The van der Waals surface area contributed by atoms with Crippen LogP contribution in [-0.2, 0) is 0 Å². The van der Waals surface area contributed by atoms with E-state index < -0.39 is 0 Å². The van der Waals surface area contributed by atoms with Crippen LogP contribution in [0.4, 0.5) is 5.69 Å². The van der Waals surface area contributed by atoms with E-state index in [1.165, 1.54) is 51.4 Å². The summed E-state index contributed by atoms with van der Waals surface area (Å²) in [6.07, 6.45) is 12.3. The fraction of sp³-hybridized carbons (Fsp3) is 0.458. The van der Waals surface area contributed by atoms with Crippen LogP contribution in [0, 0.1) is 0 Å². The van der Waals surface area contributed by atoms with Crippen LogP contribution in [0.15, 0.2) is 53.6 Å². The number of rotatable bonds is 13. The predicted molar refractivity (Wildman–Crippen MR) is 122 cm³/mol. The molecule has 0 unspecified atom stereocenters. The van der Waals surface area contributed by atoms with Crippen LogP contribution < -0.4 is 5.43 Å². The number of hydrogen-bond acceptors (Lipinski definition) is 3. The second-order valence-corrected chi connectivity index (χ2v) is 7.71. The van der Waals surface area contributed by atoms with Gasteiger partial charge in [0.25, 0.3) is 0 Å². The fourth-order valence-electron chi connectivity index (χ4n) is 3.24. The molecule has 0 fully saturated rings. The van der Waals surface area contributed by atoms with E-state index in [1.54, 1.807) is 18.2 Å². The summed E-state index contributed by atoms with van der Waals surface area (Å²) in [6, 6.07) is 15.0. The van der Waals surface area contributed by atoms with Gasteiger partial charge < -0.3 is 5.11 Å². The smallest absolute Gasteiger partial charge is 0.124 e. The first kappa shape index (κ1) is 22.3. The zero-order chi connectivity index (χ0) is 20.0. The van der Waals surface area contributed by atoms with Crippen molar-refractivity contribution in [1.82, 2.24) is 0 Å². The third-order valence-electron chi connectivity index (χ3n) is 4.88. The second-order valence-electron chi connectivity index (χ2n) is 7.28. The molecule has 0 aliphatic heterocycles. The number of nitrogens with zero attached hydrogens (tertiary/aromatic N) is 1. The van der Waals surface area contributed by atoms with Gasteiger partial charge in [-0.05, 0) is 43.2 Å². The molecule has 0 spiro atoms. The molecule has 0 aliphatic carbocycles. The molecular weight excluding hydrogens is 368 g/mol. The lowest BCUT2D eigenvalue weighted by molar-refractivity contribution is 0.474. The van der Waals surface area contributed by atoms with Crippen molar-refractivity contribution >= 4 is 23.0 Å². The van der Waals surface area contributed by atoms with Crippen LogP contribution in [0.1, 0.15) is 76.7 Å². The number of hydrazone groups is 1. The first-order valence-corrected chi connectivity index (χ1v) is 10.9.